The van der Waals surface area contributed by atoms with Crippen molar-refractivity contribution in [2.24, 2.45) is 5.41 Å². The molecule has 1 aliphatic carbocycles. The highest BCUT2D eigenvalue weighted by atomic mass is 32.2. The number of sulfonamides is 1. The van der Waals surface area contributed by atoms with Gasteiger partial charge in [-0.05, 0) is 24.7 Å². The molecule has 0 aromatic rings. The summed E-state index contributed by atoms with van der Waals surface area (Å²) in [7, 11) is -3.01. The Morgan fingerprint density at radius 1 is 1.42 bits per heavy atom. The van der Waals surface area contributed by atoms with Gasteiger partial charge in [0, 0.05) is 6.04 Å². The molecule has 1 atom stereocenters. The van der Waals surface area contributed by atoms with E-state index in [4.69, 9.17) is 0 Å². The topological polar surface area (TPSA) is 46.2 Å². The summed E-state index contributed by atoms with van der Waals surface area (Å²) >= 11 is 0. The van der Waals surface area contributed by atoms with Crippen molar-refractivity contribution in [3.8, 4) is 0 Å². The summed E-state index contributed by atoms with van der Waals surface area (Å²) in [5.74, 6) is 0. The number of nitrogens with one attached hydrogen (secondary N) is 1. The smallest absolute Gasteiger partial charge is 0.208 e. The molecule has 1 rings (SSSR count). The Hall–Kier alpha value is -0.0900. The van der Waals surface area contributed by atoms with Crippen LogP contribution in [-0.2, 0) is 10.0 Å². The van der Waals surface area contributed by atoms with E-state index < -0.39 is 10.0 Å². The molecule has 1 unspecified atom stereocenters. The van der Waals surface area contributed by atoms with E-state index in [1.807, 2.05) is 0 Å². The van der Waals surface area contributed by atoms with Crippen LogP contribution in [0.15, 0.2) is 0 Å². The van der Waals surface area contributed by atoms with E-state index >= 15 is 0 Å². The molecule has 1 fully saturated rings. The van der Waals surface area contributed by atoms with Crippen LogP contribution < -0.4 is 4.72 Å². The summed E-state index contributed by atoms with van der Waals surface area (Å²) in [6.07, 6.45) is 4.26. The van der Waals surface area contributed by atoms with Gasteiger partial charge in [-0.15, -0.1) is 0 Å². The zero-order valence-corrected chi connectivity index (χ0v) is 8.74. The number of hydrogen-bond donors (Lipinski definition) is 1. The van der Waals surface area contributed by atoms with E-state index in [0.29, 0.717) is 5.41 Å². The Morgan fingerprint density at radius 3 is 2.33 bits per heavy atom. The van der Waals surface area contributed by atoms with Crippen molar-refractivity contribution in [3.63, 3.8) is 0 Å². The molecule has 0 heterocycles. The van der Waals surface area contributed by atoms with Crippen LogP contribution in [0.1, 0.15) is 33.1 Å². The van der Waals surface area contributed by atoms with E-state index in [1.165, 1.54) is 6.26 Å². The van der Waals surface area contributed by atoms with Gasteiger partial charge in [0.2, 0.25) is 10.0 Å². The number of rotatable bonds is 2. The van der Waals surface area contributed by atoms with Crippen LogP contribution in [0.5, 0.6) is 0 Å². The molecular formula is C8H17NO2S. The summed E-state index contributed by atoms with van der Waals surface area (Å²) in [5.41, 5.74) is 0.308. The second kappa shape index (κ2) is 3.00. The maximum atomic E-state index is 10.9. The average Bonchev–Trinajstić information content (AvgIpc) is 2.05. The summed E-state index contributed by atoms with van der Waals surface area (Å²) in [6.45, 7) is 4.36. The van der Waals surface area contributed by atoms with Gasteiger partial charge in [-0.25, -0.2) is 13.1 Å². The fourth-order valence-corrected chi connectivity index (χ4v) is 2.65. The molecule has 1 aliphatic rings. The van der Waals surface area contributed by atoms with Crippen LogP contribution in [0.3, 0.4) is 0 Å². The lowest BCUT2D eigenvalue weighted by Crippen LogP contribution is -2.32. The van der Waals surface area contributed by atoms with Crippen molar-refractivity contribution >= 4 is 10.0 Å². The van der Waals surface area contributed by atoms with Crippen molar-refractivity contribution in [1.82, 2.24) is 4.72 Å². The van der Waals surface area contributed by atoms with Gasteiger partial charge in [0.05, 0.1) is 6.26 Å². The Balaban J connectivity index is 2.49. The van der Waals surface area contributed by atoms with Gasteiger partial charge in [-0.1, -0.05) is 13.8 Å². The van der Waals surface area contributed by atoms with Gasteiger partial charge in [0.1, 0.15) is 0 Å². The van der Waals surface area contributed by atoms with Gasteiger partial charge < -0.3 is 0 Å². The molecule has 3 nitrogen and oxygen atoms in total. The SMILES string of the molecule is CC1(C)CCC(NS(C)(=O)=O)C1. The van der Waals surface area contributed by atoms with Gasteiger partial charge in [0.25, 0.3) is 0 Å². The second-order valence-electron chi connectivity index (χ2n) is 4.49. The third-order valence-corrected chi connectivity index (χ3v) is 3.11. The predicted molar refractivity (Wildman–Crippen MR) is 49.4 cm³/mol. The Labute approximate surface area is 74.6 Å². The first-order chi connectivity index (χ1) is 5.29. The minimum atomic E-state index is -3.01. The Morgan fingerprint density at radius 2 is 2.00 bits per heavy atom. The van der Waals surface area contributed by atoms with E-state index in [1.54, 1.807) is 0 Å². The fourth-order valence-electron chi connectivity index (χ4n) is 1.84. The molecule has 12 heavy (non-hydrogen) atoms. The maximum absolute atomic E-state index is 10.9. The molecule has 0 spiro atoms. The van der Waals surface area contributed by atoms with Crippen LogP contribution >= 0.6 is 0 Å². The average molecular weight is 191 g/mol. The highest BCUT2D eigenvalue weighted by molar-refractivity contribution is 7.88. The first kappa shape index (κ1) is 9.99. The van der Waals surface area contributed by atoms with Crippen LogP contribution in [0, 0.1) is 5.41 Å². The minimum absolute atomic E-state index is 0.162. The molecule has 0 aromatic heterocycles. The third kappa shape index (κ3) is 3.11. The Bertz CT molecular complexity index is 256. The molecule has 0 radical (unpaired) electrons. The Kier molecular flexibility index (Phi) is 2.50. The van der Waals surface area contributed by atoms with Crippen LogP contribution in [0.4, 0.5) is 0 Å². The van der Waals surface area contributed by atoms with Crippen LogP contribution in [0.25, 0.3) is 0 Å². The van der Waals surface area contributed by atoms with Gasteiger partial charge in [-0.3, -0.25) is 0 Å². The summed E-state index contributed by atoms with van der Waals surface area (Å²) in [5, 5.41) is 0. The summed E-state index contributed by atoms with van der Waals surface area (Å²) in [6, 6.07) is 0.162. The van der Waals surface area contributed by atoms with Crippen molar-refractivity contribution in [2.45, 2.75) is 39.2 Å². The van der Waals surface area contributed by atoms with E-state index in [0.717, 1.165) is 19.3 Å². The summed E-state index contributed by atoms with van der Waals surface area (Å²) < 4.78 is 24.4. The quantitative estimate of drug-likeness (QED) is 0.711. The van der Waals surface area contributed by atoms with Crippen molar-refractivity contribution in [2.75, 3.05) is 6.26 Å². The summed E-state index contributed by atoms with van der Waals surface area (Å²) in [4.78, 5) is 0. The molecule has 0 aliphatic heterocycles. The molecule has 0 bridgehead atoms. The molecular weight excluding hydrogens is 174 g/mol. The predicted octanol–water partition coefficient (Wildman–Crippen LogP) is 1.11. The molecule has 0 amide bonds. The lowest BCUT2D eigenvalue weighted by atomic mass is 9.92. The molecule has 4 heteroatoms. The largest absolute Gasteiger partial charge is 0.213 e. The molecule has 0 saturated heterocycles. The zero-order chi connectivity index (χ0) is 9.41. The lowest BCUT2D eigenvalue weighted by molar-refractivity contribution is 0.372. The van der Waals surface area contributed by atoms with Crippen LogP contribution in [-0.4, -0.2) is 20.7 Å². The van der Waals surface area contributed by atoms with E-state index in [9.17, 15) is 8.42 Å². The standard InChI is InChI=1S/C8H17NO2S/c1-8(2)5-4-7(6-8)9-12(3,10)11/h7,9H,4-6H2,1-3H3. The van der Waals surface area contributed by atoms with Gasteiger partial charge in [-0.2, -0.15) is 0 Å². The first-order valence-electron chi connectivity index (χ1n) is 4.26. The fraction of sp³-hybridized carbons (Fsp3) is 1.00. The molecule has 1 N–H and O–H groups in total. The first-order valence-corrected chi connectivity index (χ1v) is 6.15. The van der Waals surface area contributed by atoms with E-state index in [-0.39, 0.29) is 6.04 Å². The van der Waals surface area contributed by atoms with Crippen molar-refractivity contribution in [3.05, 3.63) is 0 Å². The molecule has 1 saturated carbocycles. The molecule has 72 valence electrons. The van der Waals surface area contributed by atoms with Gasteiger partial charge in [0.15, 0.2) is 0 Å². The minimum Gasteiger partial charge on any atom is -0.213 e. The number of hydrogen-bond acceptors (Lipinski definition) is 2. The van der Waals surface area contributed by atoms with Crippen molar-refractivity contribution < 1.29 is 8.42 Å². The monoisotopic (exact) mass is 191 g/mol. The zero-order valence-electron chi connectivity index (χ0n) is 7.92. The molecule has 0 aromatic carbocycles. The highest BCUT2D eigenvalue weighted by Crippen LogP contribution is 2.36. The normalized spacial score (nSPS) is 29.1. The van der Waals surface area contributed by atoms with E-state index in [2.05, 4.69) is 18.6 Å². The second-order valence-corrected chi connectivity index (χ2v) is 6.27. The van der Waals surface area contributed by atoms with Gasteiger partial charge >= 0.3 is 0 Å². The van der Waals surface area contributed by atoms with Crippen molar-refractivity contribution in [1.29, 1.82) is 0 Å². The van der Waals surface area contributed by atoms with Crippen LogP contribution in [0.2, 0.25) is 0 Å². The lowest BCUT2D eigenvalue weighted by Gasteiger charge is -2.16. The third-order valence-electron chi connectivity index (χ3n) is 2.35. The highest BCUT2D eigenvalue weighted by Gasteiger charge is 2.31. The maximum Gasteiger partial charge on any atom is 0.208 e.